The van der Waals surface area contributed by atoms with Gasteiger partial charge in [0, 0.05) is 6.20 Å². The molecule has 4 rings (SSSR count). The highest BCUT2D eigenvalue weighted by Gasteiger charge is 2.32. The van der Waals surface area contributed by atoms with Gasteiger partial charge < -0.3 is 4.74 Å². The summed E-state index contributed by atoms with van der Waals surface area (Å²) in [6.07, 6.45) is -3.08. The Bertz CT molecular complexity index is 1200. The molecule has 0 amide bonds. The molecule has 0 aliphatic heterocycles. The van der Waals surface area contributed by atoms with Crippen molar-refractivity contribution in [3.63, 3.8) is 0 Å². The zero-order valence-electron chi connectivity index (χ0n) is 15.0. The number of nitrogens with zero attached hydrogens (tertiary/aromatic N) is 4. The van der Waals surface area contributed by atoms with E-state index in [9.17, 15) is 18.0 Å². The monoisotopic (exact) mass is 398 g/mol. The summed E-state index contributed by atoms with van der Waals surface area (Å²) < 4.78 is 46.2. The zero-order valence-corrected chi connectivity index (χ0v) is 15.0. The summed E-state index contributed by atoms with van der Waals surface area (Å²) in [6, 6.07) is 13.7. The van der Waals surface area contributed by atoms with Gasteiger partial charge in [0.15, 0.2) is 5.78 Å². The van der Waals surface area contributed by atoms with Gasteiger partial charge in [-0.3, -0.25) is 4.79 Å². The van der Waals surface area contributed by atoms with Gasteiger partial charge in [-0.05, 0) is 37.3 Å². The van der Waals surface area contributed by atoms with Crippen molar-refractivity contribution in [1.29, 1.82) is 0 Å². The van der Waals surface area contributed by atoms with Gasteiger partial charge >= 0.3 is 6.18 Å². The van der Waals surface area contributed by atoms with E-state index >= 15 is 0 Å². The van der Waals surface area contributed by atoms with Crippen LogP contribution in [0.2, 0.25) is 0 Å². The number of carbonyl (C=O) groups is 1. The lowest BCUT2D eigenvalue weighted by molar-refractivity contribution is -0.141. The Morgan fingerprint density at radius 2 is 1.76 bits per heavy atom. The third-order valence-corrected chi connectivity index (χ3v) is 4.08. The molecule has 3 aromatic heterocycles. The van der Waals surface area contributed by atoms with Crippen LogP contribution in [0.25, 0.3) is 17.0 Å². The normalized spacial score (nSPS) is 11.6. The molecule has 0 aliphatic rings. The van der Waals surface area contributed by atoms with E-state index < -0.39 is 11.9 Å². The van der Waals surface area contributed by atoms with Crippen LogP contribution in [-0.4, -0.2) is 25.4 Å². The molecular formula is C20H13F3N4O2. The molecule has 1 aromatic carbocycles. The summed E-state index contributed by atoms with van der Waals surface area (Å²) in [7, 11) is 0. The van der Waals surface area contributed by atoms with Gasteiger partial charge in [-0.15, -0.1) is 5.10 Å². The number of carbonyl (C=O) groups excluding carboxylic acids is 1. The SMILES string of the molecule is CC(=O)c1ccn2nc(-c3cccc(C(F)(F)F)n3)nc(Oc3ccccc3)c12. The standard InChI is InChI=1S/C20H13F3N4O2/c1-12(28)14-10-11-27-17(14)19(29-13-6-3-2-4-7-13)25-18(26-27)15-8-5-9-16(24-15)20(21,22)23/h2-11H,1H3. The molecule has 0 spiro atoms. The first-order valence-electron chi connectivity index (χ1n) is 8.51. The fourth-order valence-electron chi connectivity index (χ4n) is 2.77. The largest absolute Gasteiger partial charge is 0.437 e. The lowest BCUT2D eigenvalue weighted by Crippen LogP contribution is -2.09. The second-order valence-electron chi connectivity index (χ2n) is 6.14. The van der Waals surface area contributed by atoms with Crippen LogP contribution in [0.5, 0.6) is 11.6 Å². The third-order valence-electron chi connectivity index (χ3n) is 4.08. The molecular weight excluding hydrogens is 385 g/mol. The summed E-state index contributed by atoms with van der Waals surface area (Å²) >= 11 is 0. The molecule has 0 radical (unpaired) electrons. The maximum atomic E-state index is 13.0. The summed E-state index contributed by atoms with van der Waals surface area (Å²) in [5.74, 6) is 0.196. The van der Waals surface area contributed by atoms with Crippen molar-refractivity contribution in [2.45, 2.75) is 13.1 Å². The summed E-state index contributed by atoms with van der Waals surface area (Å²) in [6.45, 7) is 1.39. The molecule has 3 heterocycles. The highest BCUT2D eigenvalue weighted by Crippen LogP contribution is 2.31. The number of rotatable bonds is 4. The molecule has 0 aliphatic carbocycles. The first-order valence-corrected chi connectivity index (χ1v) is 8.51. The molecule has 0 N–H and O–H groups in total. The summed E-state index contributed by atoms with van der Waals surface area (Å²) in [5, 5.41) is 4.22. The number of alkyl halides is 3. The average Bonchev–Trinajstić information content (AvgIpc) is 3.13. The molecule has 0 fully saturated rings. The molecule has 0 saturated carbocycles. The van der Waals surface area contributed by atoms with Gasteiger partial charge in [-0.25, -0.2) is 9.50 Å². The fraction of sp³-hybridized carbons (Fsp3) is 0.100. The Morgan fingerprint density at radius 3 is 2.45 bits per heavy atom. The van der Waals surface area contributed by atoms with Crippen molar-refractivity contribution < 1.29 is 22.7 Å². The Labute approximate surface area is 162 Å². The molecule has 9 heteroatoms. The number of ketones is 1. The minimum atomic E-state index is -4.60. The number of aromatic nitrogens is 4. The van der Waals surface area contributed by atoms with E-state index in [2.05, 4.69) is 15.1 Å². The molecule has 4 aromatic rings. The summed E-state index contributed by atoms with van der Waals surface area (Å²) in [4.78, 5) is 19.9. The first kappa shape index (κ1) is 18.6. The number of Topliss-reactive ketones (excluding diaryl/α,β-unsaturated/α-hetero) is 1. The zero-order chi connectivity index (χ0) is 20.6. The van der Waals surface area contributed by atoms with Gasteiger partial charge in [-0.2, -0.15) is 18.2 Å². The number of halogens is 3. The maximum absolute atomic E-state index is 13.0. The van der Waals surface area contributed by atoms with E-state index in [0.717, 1.165) is 6.07 Å². The van der Waals surface area contributed by atoms with Crippen molar-refractivity contribution >= 4 is 11.3 Å². The predicted octanol–water partition coefficient (Wildman–Crippen LogP) is 4.81. The molecule has 146 valence electrons. The van der Waals surface area contributed by atoms with Gasteiger partial charge in [0.05, 0.1) is 5.56 Å². The van der Waals surface area contributed by atoms with E-state index in [1.54, 1.807) is 36.4 Å². The van der Waals surface area contributed by atoms with Crippen molar-refractivity contribution in [3.05, 3.63) is 72.1 Å². The van der Waals surface area contributed by atoms with Crippen molar-refractivity contribution in [2.24, 2.45) is 0 Å². The number of hydrogen-bond donors (Lipinski definition) is 0. The molecule has 0 unspecified atom stereocenters. The number of benzene rings is 1. The molecule has 0 bridgehead atoms. The average molecular weight is 398 g/mol. The number of para-hydroxylation sites is 1. The Kier molecular flexibility index (Phi) is 4.50. The maximum Gasteiger partial charge on any atom is 0.433 e. The van der Waals surface area contributed by atoms with Gasteiger partial charge in [0.25, 0.3) is 0 Å². The Balaban J connectivity index is 1.90. The van der Waals surface area contributed by atoms with Crippen LogP contribution in [0.4, 0.5) is 13.2 Å². The van der Waals surface area contributed by atoms with Gasteiger partial charge in [0.1, 0.15) is 22.7 Å². The third kappa shape index (κ3) is 3.66. The van der Waals surface area contributed by atoms with Crippen LogP contribution in [0.15, 0.2) is 60.8 Å². The molecule has 0 atom stereocenters. The minimum absolute atomic E-state index is 0.0376. The second kappa shape index (κ2) is 7.01. The predicted molar refractivity (Wildman–Crippen MR) is 97.7 cm³/mol. The summed E-state index contributed by atoms with van der Waals surface area (Å²) in [5.41, 5.74) is -0.476. The molecule has 6 nitrogen and oxygen atoms in total. The second-order valence-corrected chi connectivity index (χ2v) is 6.14. The lowest BCUT2D eigenvalue weighted by atomic mass is 10.2. The highest BCUT2D eigenvalue weighted by molar-refractivity contribution is 6.02. The number of ether oxygens (including phenoxy) is 1. The fourth-order valence-corrected chi connectivity index (χ4v) is 2.77. The van der Waals surface area contributed by atoms with Crippen LogP contribution < -0.4 is 4.74 Å². The van der Waals surface area contributed by atoms with Crippen molar-refractivity contribution in [1.82, 2.24) is 19.6 Å². The van der Waals surface area contributed by atoms with Gasteiger partial charge in [0.2, 0.25) is 11.7 Å². The van der Waals surface area contributed by atoms with Crippen LogP contribution in [-0.2, 0) is 6.18 Å². The van der Waals surface area contributed by atoms with E-state index in [0.29, 0.717) is 16.8 Å². The Morgan fingerprint density at radius 1 is 1.00 bits per heavy atom. The minimum Gasteiger partial charge on any atom is -0.437 e. The topological polar surface area (TPSA) is 69.4 Å². The number of hydrogen-bond acceptors (Lipinski definition) is 5. The van der Waals surface area contributed by atoms with Crippen LogP contribution in [0, 0.1) is 0 Å². The van der Waals surface area contributed by atoms with Gasteiger partial charge in [-0.1, -0.05) is 24.3 Å². The van der Waals surface area contributed by atoms with E-state index in [1.807, 2.05) is 0 Å². The molecule has 29 heavy (non-hydrogen) atoms. The van der Waals surface area contributed by atoms with Crippen LogP contribution in [0.3, 0.4) is 0 Å². The number of fused-ring (bicyclic) bond motifs is 1. The van der Waals surface area contributed by atoms with E-state index in [1.165, 1.54) is 29.8 Å². The van der Waals surface area contributed by atoms with E-state index in [-0.39, 0.29) is 23.2 Å². The first-order chi connectivity index (χ1) is 13.8. The molecule has 0 saturated heterocycles. The smallest absolute Gasteiger partial charge is 0.433 e. The quantitative estimate of drug-likeness (QED) is 0.462. The number of pyridine rings is 1. The Hall–Kier alpha value is -3.75. The highest BCUT2D eigenvalue weighted by atomic mass is 19.4. The van der Waals surface area contributed by atoms with Crippen LogP contribution in [0.1, 0.15) is 23.0 Å². The van der Waals surface area contributed by atoms with Crippen LogP contribution >= 0.6 is 0 Å². The van der Waals surface area contributed by atoms with Crippen molar-refractivity contribution in [2.75, 3.05) is 0 Å². The lowest BCUT2D eigenvalue weighted by Gasteiger charge is -2.11. The van der Waals surface area contributed by atoms with Crippen molar-refractivity contribution in [3.8, 4) is 23.1 Å². The van der Waals surface area contributed by atoms with E-state index in [4.69, 9.17) is 4.74 Å².